The molecule has 0 atom stereocenters. The number of carbonyl (C=O) groups is 1. The van der Waals surface area contributed by atoms with Gasteiger partial charge in [-0.05, 0) is 65.9 Å². The fourth-order valence-electron chi connectivity index (χ4n) is 2.97. The van der Waals surface area contributed by atoms with Crippen LogP contribution in [0.4, 0.5) is 25.8 Å². The number of hydrogen-bond acceptors (Lipinski definition) is 5. The topological polar surface area (TPSA) is 99.8 Å². The quantitative estimate of drug-likeness (QED) is 0.292. The molecule has 0 saturated carbocycles. The maximum Gasteiger partial charge on any atom is 0.301 e. The van der Waals surface area contributed by atoms with E-state index in [9.17, 15) is 22.0 Å². The van der Waals surface area contributed by atoms with Crippen LogP contribution in [0, 0.1) is 15.2 Å². The van der Waals surface area contributed by atoms with Crippen molar-refractivity contribution in [1.82, 2.24) is 9.62 Å². The fourth-order valence-corrected chi connectivity index (χ4v) is 4.03. The second-order valence-electron chi connectivity index (χ2n) is 7.45. The van der Waals surface area contributed by atoms with Crippen molar-refractivity contribution in [2.45, 2.75) is 6.92 Å². The Hall–Kier alpha value is -2.97. The summed E-state index contributed by atoms with van der Waals surface area (Å²) in [6.07, 6.45) is 0. The van der Waals surface area contributed by atoms with E-state index >= 15 is 0 Å². The molecule has 0 aliphatic heterocycles. The van der Waals surface area contributed by atoms with E-state index in [2.05, 4.69) is 15.4 Å². The Balaban J connectivity index is 2.03. The minimum Gasteiger partial charge on any atom is -0.456 e. The van der Waals surface area contributed by atoms with Crippen molar-refractivity contribution in [3.05, 3.63) is 75.4 Å². The number of nitrogens with one attached hydrogen (secondary N) is 3. The number of hydrogen-bond donors (Lipinski definition) is 3. The van der Waals surface area contributed by atoms with Crippen LogP contribution in [0.2, 0.25) is 0 Å². The SMILES string of the molecule is CCNC(=O)c1c(Nc2ccc(I)cc2F)cc(F)cc1Oc1cccc(NS(=O)(=O)N(C)C)c1. The number of rotatable bonds is 9. The average Bonchev–Trinajstić information content (AvgIpc) is 2.75. The standard InChI is InChI=1S/C23H23F2IN4O4S/c1-4-27-23(31)22-20(28-19-9-8-15(26)12-18(19)25)10-14(24)11-21(22)34-17-7-5-6-16(13-17)29-35(32,33)30(2)3/h5-13,28-29H,4H2,1-3H3,(H,27,31). The van der Waals surface area contributed by atoms with Crippen LogP contribution in [0.5, 0.6) is 11.5 Å². The van der Waals surface area contributed by atoms with E-state index in [1.165, 1.54) is 50.5 Å². The second kappa shape index (κ2) is 11.2. The highest BCUT2D eigenvalue weighted by molar-refractivity contribution is 14.1. The number of halogens is 3. The Morgan fingerprint density at radius 1 is 1.06 bits per heavy atom. The number of carbonyl (C=O) groups excluding carboxylic acids is 1. The molecule has 0 unspecified atom stereocenters. The molecule has 1 amide bonds. The van der Waals surface area contributed by atoms with Gasteiger partial charge >= 0.3 is 10.2 Å². The largest absolute Gasteiger partial charge is 0.456 e. The Morgan fingerprint density at radius 3 is 2.46 bits per heavy atom. The lowest BCUT2D eigenvalue weighted by atomic mass is 10.1. The van der Waals surface area contributed by atoms with Crippen molar-refractivity contribution in [2.75, 3.05) is 30.7 Å². The Morgan fingerprint density at radius 2 is 1.80 bits per heavy atom. The zero-order chi connectivity index (χ0) is 25.8. The van der Waals surface area contributed by atoms with Crippen molar-refractivity contribution in [1.29, 1.82) is 0 Å². The van der Waals surface area contributed by atoms with Gasteiger partial charge < -0.3 is 15.4 Å². The summed E-state index contributed by atoms with van der Waals surface area (Å²) in [7, 11) is -1.02. The van der Waals surface area contributed by atoms with Crippen LogP contribution in [-0.2, 0) is 10.2 Å². The highest BCUT2D eigenvalue weighted by Crippen LogP contribution is 2.35. The van der Waals surface area contributed by atoms with E-state index in [4.69, 9.17) is 4.74 Å². The van der Waals surface area contributed by atoms with E-state index in [1.54, 1.807) is 13.0 Å². The lowest BCUT2D eigenvalue weighted by Crippen LogP contribution is -2.28. The van der Waals surface area contributed by atoms with Gasteiger partial charge in [0.2, 0.25) is 0 Å². The van der Waals surface area contributed by atoms with Gasteiger partial charge in [0.25, 0.3) is 5.91 Å². The molecule has 186 valence electrons. The summed E-state index contributed by atoms with van der Waals surface area (Å²) in [5.74, 6) is -1.87. The molecule has 0 fully saturated rings. The summed E-state index contributed by atoms with van der Waals surface area (Å²) in [4.78, 5) is 12.9. The number of ether oxygens (including phenoxy) is 1. The van der Waals surface area contributed by atoms with Crippen LogP contribution in [0.25, 0.3) is 0 Å². The summed E-state index contributed by atoms with van der Waals surface area (Å²) in [6, 6.07) is 12.5. The number of amides is 1. The maximum absolute atomic E-state index is 14.6. The third kappa shape index (κ3) is 6.80. The van der Waals surface area contributed by atoms with Crippen molar-refractivity contribution < 1.29 is 26.7 Å². The molecule has 0 aliphatic rings. The van der Waals surface area contributed by atoms with Crippen LogP contribution in [-0.4, -0.2) is 39.3 Å². The lowest BCUT2D eigenvalue weighted by molar-refractivity contribution is 0.0954. The molecular formula is C23H23F2IN4O4S. The molecule has 0 aliphatic carbocycles. The Labute approximate surface area is 216 Å². The first-order valence-corrected chi connectivity index (χ1v) is 12.8. The highest BCUT2D eigenvalue weighted by Gasteiger charge is 2.21. The molecule has 35 heavy (non-hydrogen) atoms. The molecule has 0 heterocycles. The van der Waals surface area contributed by atoms with E-state index in [1.807, 2.05) is 22.6 Å². The van der Waals surface area contributed by atoms with Gasteiger partial charge in [0.15, 0.2) is 0 Å². The van der Waals surface area contributed by atoms with Gasteiger partial charge in [-0.1, -0.05) is 6.07 Å². The van der Waals surface area contributed by atoms with Gasteiger partial charge in [-0.2, -0.15) is 12.7 Å². The summed E-state index contributed by atoms with van der Waals surface area (Å²) >= 11 is 1.96. The molecule has 12 heteroatoms. The maximum atomic E-state index is 14.6. The fraction of sp³-hybridized carbons (Fsp3) is 0.174. The summed E-state index contributed by atoms with van der Waals surface area (Å²) < 4.78 is 63.1. The molecule has 0 radical (unpaired) electrons. The highest BCUT2D eigenvalue weighted by atomic mass is 127. The third-order valence-corrected chi connectivity index (χ3v) is 6.75. The molecule has 3 rings (SSSR count). The third-order valence-electron chi connectivity index (χ3n) is 4.62. The van der Waals surface area contributed by atoms with Crippen molar-refractivity contribution >= 4 is 55.8 Å². The van der Waals surface area contributed by atoms with E-state index in [0.29, 0.717) is 3.57 Å². The normalized spacial score (nSPS) is 11.3. The van der Waals surface area contributed by atoms with E-state index < -0.39 is 27.8 Å². The number of benzene rings is 3. The molecule has 8 nitrogen and oxygen atoms in total. The van der Waals surface area contributed by atoms with Gasteiger partial charge in [0.1, 0.15) is 28.7 Å². The summed E-state index contributed by atoms with van der Waals surface area (Å²) in [5, 5.41) is 5.41. The van der Waals surface area contributed by atoms with Gasteiger partial charge in [0.05, 0.1) is 17.1 Å². The van der Waals surface area contributed by atoms with Crippen molar-refractivity contribution in [3.8, 4) is 11.5 Å². The summed E-state index contributed by atoms with van der Waals surface area (Å²) in [6.45, 7) is 2.00. The van der Waals surface area contributed by atoms with Crippen molar-refractivity contribution in [3.63, 3.8) is 0 Å². The molecular weight excluding hydrogens is 593 g/mol. The molecule has 0 aromatic heterocycles. The van der Waals surface area contributed by atoms with E-state index in [0.717, 1.165) is 16.4 Å². The first kappa shape index (κ1) is 26.6. The second-order valence-corrected chi connectivity index (χ2v) is 10.6. The summed E-state index contributed by atoms with van der Waals surface area (Å²) in [5.41, 5.74) is 0.195. The van der Waals surface area contributed by atoms with E-state index in [-0.39, 0.29) is 40.7 Å². The molecule has 0 bridgehead atoms. The van der Waals surface area contributed by atoms with Crippen LogP contribution in [0.1, 0.15) is 17.3 Å². The van der Waals surface area contributed by atoms with Crippen LogP contribution in [0.15, 0.2) is 54.6 Å². The van der Waals surface area contributed by atoms with Crippen LogP contribution in [0.3, 0.4) is 0 Å². The molecule has 3 aromatic rings. The molecule has 0 spiro atoms. The zero-order valence-corrected chi connectivity index (χ0v) is 22.0. The minimum atomic E-state index is -3.77. The Bertz CT molecular complexity index is 1350. The first-order valence-electron chi connectivity index (χ1n) is 10.3. The predicted octanol–water partition coefficient (Wildman–Crippen LogP) is 5.07. The molecule has 3 aromatic carbocycles. The van der Waals surface area contributed by atoms with Gasteiger partial charge in [-0.3, -0.25) is 9.52 Å². The number of nitrogens with zero attached hydrogens (tertiary/aromatic N) is 1. The van der Waals surface area contributed by atoms with Crippen LogP contribution < -0.4 is 20.1 Å². The van der Waals surface area contributed by atoms with Gasteiger partial charge in [0, 0.05) is 36.3 Å². The lowest BCUT2D eigenvalue weighted by Gasteiger charge is -2.18. The smallest absolute Gasteiger partial charge is 0.301 e. The van der Waals surface area contributed by atoms with Gasteiger partial charge in [-0.15, -0.1) is 0 Å². The van der Waals surface area contributed by atoms with Gasteiger partial charge in [-0.25, -0.2) is 8.78 Å². The minimum absolute atomic E-state index is 0.00415. The molecule has 3 N–H and O–H groups in total. The molecule has 0 saturated heterocycles. The Kier molecular flexibility index (Phi) is 8.51. The zero-order valence-electron chi connectivity index (χ0n) is 19.0. The first-order chi connectivity index (χ1) is 16.5. The average molecular weight is 616 g/mol. The predicted molar refractivity (Wildman–Crippen MR) is 140 cm³/mol. The van der Waals surface area contributed by atoms with Crippen molar-refractivity contribution in [2.24, 2.45) is 0 Å². The number of anilines is 3. The monoisotopic (exact) mass is 616 g/mol. The van der Waals surface area contributed by atoms with Crippen LogP contribution >= 0.6 is 22.6 Å².